The molecule has 6 nitrogen and oxygen atoms in total. The zero-order chi connectivity index (χ0) is 19.1. The summed E-state index contributed by atoms with van der Waals surface area (Å²) in [7, 11) is -3.39. The van der Waals surface area contributed by atoms with E-state index in [2.05, 4.69) is 5.32 Å². The summed E-state index contributed by atoms with van der Waals surface area (Å²) in [5.74, 6) is -0.161. The largest absolute Gasteiger partial charge is 0.367 e. The lowest BCUT2D eigenvalue weighted by Gasteiger charge is -2.23. The fourth-order valence-electron chi connectivity index (χ4n) is 3.98. The molecule has 7 heteroatoms. The highest BCUT2D eigenvalue weighted by atomic mass is 32.2. The van der Waals surface area contributed by atoms with E-state index < -0.39 is 21.5 Å². The highest BCUT2D eigenvalue weighted by Crippen LogP contribution is 2.48. The van der Waals surface area contributed by atoms with Crippen LogP contribution in [0.25, 0.3) is 0 Å². The van der Waals surface area contributed by atoms with Gasteiger partial charge in [-0.1, -0.05) is 48.5 Å². The molecule has 2 aromatic carbocycles. The summed E-state index contributed by atoms with van der Waals surface area (Å²) in [5.41, 5.74) is 2.17. The number of amides is 1. The summed E-state index contributed by atoms with van der Waals surface area (Å²) in [4.78, 5) is 12.6. The monoisotopic (exact) mass is 386 g/mol. The minimum Gasteiger partial charge on any atom is -0.367 e. The molecule has 2 aliphatic rings. The molecule has 27 heavy (non-hydrogen) atoms. The minimum atomic E-state index is -3.39. The summed E-state index contributed by atoms with van der Waals surface area (Å²) >= 11 is 0. The van der Waals surface area contributed by atoms with Gasteiger partial charge in [0.25, 0.3) is 0 Å². The molecule has 4 rings (SSSR count). The summed E-state index contributed by atoms with van der Waals surface area (Å²) in [6.07, 6.45) is 1.10. The van der Waals surface area contributed by atoms with Crippen molar-refractivity contribution in [3.8, 4) is 0 Å². The number of benzene rings is 2. The Morgan fingerprint density at radius 2 is 1.89 bits per heavy atom. The van der Waals surface area contributed by atoms with Crippen molar-refractivity contribution in [2.45, 2.75) is 24.5 Å². The van der Waals surface area contributed by atoms with Crippen LogP contribution >= 0.6 is 0 Å². The highest BCUT2D eigenvalue weighted by molar-refractivity contribution is 7.92. The van der Waals surface area contributed by atoms with Crippen LogP contribution < -0.4 is 9.62 Å². The molecule has 2 heterocycles. The van der Waals surface area contributed by atoms with Crippen molar-refractivity contribution in [1.82, 2.24) is 5.32 Å². The van der Waals surface area contributed by atoms with Crippen LogP contribution in [0.3, 0.4) is 0 Å². The minimum absolute atomic E-state index is 0.161. The van der Waals surface area contributed by atoms with Crippen molar-refractivity contribution in [2.75, 3.05) is 23.7 Å². The maximum absolute atomic E-state index is 12.6. The van der Waals surface area contributed by atoms with Gasteiger partial charge in [0.05, 0.1) is 18.6 Å². The average Bonchev–Trinajstić information content (AvgIpc) is 3.24. The van der Waals surface area contributed by atoms with E-state index in [0.717, 1.165) is 11.1 Å². The first kappa shape index (κ1) is 18.0. The SMILES string of the molecule is CS(=O)(=O)N1C[C@@]2(CO[C@H](C(=O)NCc3ccccc3)C2)c2ccccc21. The Labute approximate surface area is 159 Å². The molecule has 2 atom stereocenters. The smallest absolute Gasteiger partial charge is 0.249 e. The molecule has 1 saturated heterocycles. The number of anilines is 1. The third-order valence-corrected chi connectivity index (χ3v) is 6.46. The predicted molar refractivity (Wildman–Crippen MR) is 103 cm³/mol. The van der Waals surface area contributed by atoms with Crippen LogP contribution in [0.2, 0.25) is 0 Å². The van der Waals surface area contributed by atoms with E-state index in [-0.39, 0.29) is 5.91 Å². The van der Waals surface area contributed by atoms with Crippen LogP contribution in [0.5, 0.6) is 0 Å². The topological polar surface area (TPSA) is 75.7 Å². The Bertz CT molecular complexity index is 961. The lowest BCUT2D eigenvalue weighted by molar-refractivity contribution is -0.130. The van der Waals surface area contributed by atoms with E-state index in [9.17, 15) is 13.2 Å². The molecule has 0 aliphatic carbocycles. The van der Waals surface area contributed by atoms with E-state index in [4.69, 9.17) is 4.74 Å². The first-order valence-electron chi connectivity index (χ1n) is 8.90. The second-order valence-electron chi connectivity index (χ2n) is 7.27. The second kappa shape index (κ2) is 6.65. The van der Waals surface area contributed by atoms with Crippen LogP contribution in [0.1, 0.15) is 17.5 Å². The zero-order valence-corrected chi connectivity index (χ0v) is 15.9. The van der Waals surface area contributed by atoms with Gasteiger partial charge in [-0.05, 0) is 23.6 Å². The van der Waals surface area contributed by atoms with Gasteiger partial charge in [0.15, 0.2) is 0 Å². The van der Waals surface area contributed by atoms with Gasteiger partial charge in [-0.2, -0.15) is 0 Å². The van der Waals surface area contributed by atoms with Crippen molar-refractivity contribution in [2.24, 2.45) is 0 Å². The maximum Gasteiger partial charge on any atom is 0.249 e. The Kier molecular flexibility index (Phi) is 4.44. The van der Waals surface area contributed by atoms with Crippen LogP contribution in [0.15, 0.2) is 54.6 Å². The van der Waals surface area contributed by atoms with Gasteiger partial charge in [0, 0.05) is 18.5 Å². The van der Waals surface area contributed by atoms with E-state index in [1.807, 2.05) is 54.6 Å². The molecular formula is C20H22N2O4S. The third kappa shape index (κ3) is 3.33. The normalized spacial score (nSPS) is 24.2. The molecule has 0 bridgehead atoms. The highest BCUT2D eigenvalue weighted by Gasteiger charge is 2.52. The number of hydrogen-bond acceptors (Lipinski definition) is 4. The summed E-state index contributed by atoms with van der Waals surface area (Å²) in [6.45, 7) is 1.09. The Morgan fingerprint density at radius 3 is 2.63 bits per heavy atom. The molecule has 142 valence electrons. The molecule has 1 spiro atoms. The molecule has 0 saturated carbocycles. The predicted octanol–water partition coefficient (Wildman–Crippen LogP) is 1.81. The van der Waals surface area contributed by atoms with Crippen LogP contribution in [-0.4, -0.2) is 39.8 Å². The van der Waals surface area contributed by atoms with E-state index in [1.165, 1.54) is 10.6 Å². The molecular weight excluding hydrogens is 364 g/mol. The van der Waals surface area contributed by atoms with Crippen molar-refractivity contribution in [1.29, 1.82) is 0 Å². The van der Waals surface area contributed by atoms with Gasteiger partial charge < -0.3 is 10.1 Å². The van der Waals surface area contributed by atoms with E-state index in [0.29, 0.717) is 31.8 Å². The number of carbonyl (C=O) groups excluding carboxylic acids is 1. The third-order valence-electron chi connectivity index (χ3n) is 5.33. The number of fused-ring (bicyclic) bond motifs is 2. The average molecular weight is 386 g/mol. The van der Waals surface area contributed by atoms with Crippen molar-refractivity contribution < 1.29 is 17.9 Å². The van der Waals surface area contributed by atoms with Crippen LogP contribution in [0.4, 0.5) is 5.69 Å². The maximum atomic E-state index is 12.6. The van der Waals surface area contributed by atoms with Gasteiger partial charge in [0.2, 0.25) is 15.9 Å². The van der Waals surface area contributed by atoms with Gasteiger partial charge in [-0.3, -0.25) is 9.10 Å². The van der Waals surface area contributed by atoms with Crippen molar-refractivity contribution in [3.63, 3.8) is 0 Å². The zero-order valence-electron chi connectivity index (χ0n) is 15.1. The number of nitrogens with one attached hydrogen (secondary N) is 1. The number of ether oxygens (including phenoxy) is 1. The Hall–Kier alpha value is -2.38. The molecule has 0 aromatic heterocycles. The number of hydrogen-bond donors (Lipinski definition) is 1. The number of para-hydroxylation sites is 1. The fraction of sp³-hybridized carbons (Fsp3) is 0.350. The Balaban J connectivity index is 1.51. The number of sulfonamides is 1. The first-order valence-corrected chi connectivity index (χ1v) is 10.7. The molecule has 2 aliphatic heterocycles. The first-order chi connectivity index (χ1) is 12.9. The number of carbonyl (C=O) groups is 1. The van der Waals surface area contributed by atoms with Crippen molar-refractivity contribution >= 4 is 21.6 Å². The van der Waals surface area contributed by atoms with Gasteiger partial charge >= 0.3 is 0 Å². The lowest BCUT2D eigenvalue weighted by atomic mass is 9.80. The van der Waals surface area contributed by atoms with Gasteiger partial charge in [0.1, 0.15) is 6.10 Å². The molecule has 1 fully saturated rings. The second-order valence-corrected chi connectivity index (χ2v) is 9.18. The molecule has 0 unspecified atom stereocenters. The van der Waals surface area contributed by atoms with Crippen molar-refractivity contribution in [3.05, 3.63) is 65.7 Å². The molecule has 0 radical (unpaired) electrons. The van der Waals surface area contributed by atoms with Crippen LogP contribution in [-0.2, 0) is 31.5 Å². The summed E-state index contributed by atoms with van der Waals surface area (Å²) in [5, 5.41) is 2.92. The number of rotatable bonds is 4. The lowest BCUT2D eigenvalue weighted by Crippen LogP contribution is -2.38. The fourth-order valence-corrected chi connectivity index (χ4v) is 4.98. The molecule has 1 N–H and O–H groups in total. The standard InChI is InChI=1S/C20H22N2O4S/c1-27(24,25)22-13-20(16-9-5-6-10-17(16)22)11-18(26-14-20)19(23)21-12-15-7-3-2-4-8-15/h2-10,18H,11-14H2,1H3,(H,21,23)/t18-,20-/m0/s1. The van der Waals surface area contributed by atoms with Gasteiger partial charge in [-0.25, -0.2) is 8.42 Å². The van der Waals surface area contributed by atoms with Gasteiger partial charge in [-0.15, -0.1) is 0 Å². The molecule has 2 aromatic rings. The van der Waals surface area contributed by atoms with E-state index >= 15 is 0 Å². The van der Waals surface area contributed by atoms with E-state index in [1.54, 1.807) is 0 Å². The Morgan fingerprint density at radius 1 is 1.19 bits per heavy atom. The molecule has 1 amide bonds. The number of nitrogens with zero attached hydrogens (tertiary/aromatic N) is 1. The summed E-state index contributed by atoms with van der Waals surface area (Å²) < 4.78 is 31.7. The van der Waals surface area contributed by atoms with Crippen LogP contribution in [0, 0.1) is 0 Å². The summed E-state index contributed by atoms with van der Waals surface area (Å²) in [6, 6.07) is 17.2. The quantitative estimate of drug-likeness (QED) is 0.870.